The maximum atomic E-state index is 12.1. The van der Waals surface area contributed by atoms with Gasteiger partial charge in [-0.15, -0.1) is 0 Å². The van der Waals surface area contributed by atoms with Crippen molar-refractivity contribution in [1.29, 1.82) is 0 Å². The summed E-state index contributed by atoms with van der Waals surface area (Å²) in [6.07, 6.45) is 0.332. The van der Waals surface area contributed by atoms with Crippen molar-refractivity contribution in [3.63, 3.8) is 0 Å². The lowest BCUT2D eigenvalue weighted by molar-refractivity contribution is -0.126. The fourth-order valence-electron chi connectivity index (χ4n) is 2.58. The molecule has 0 atom stereocenters. The normalized spacial score (nSPS) is 10.2. The van der Waals surface area contributed by atoms with Crippen LogP contribution in [0.3, 0.4) is 0 Å². The molecule has 0 heterocycles. The molecule has 2 rings (SSSR count). The number of ether oxygens (including phenoxy) is 2. The van der Waals surface area contributed by atoms with E-state index in [0.717, 1.165) is 16.9 Å². The van der Waals surface area contributed by atoms with Crippen molar-refractivity contribution < 1.29 is 19.1 Å². The number of carbonyl (C=O) groups excluding carboxylic acids is 2. The number of halogens is 1. The third-order valence-corrected chi connectivity index (χ3v) is 4.39. The molecular weight excluding hydrogens is 368 g/mol. The summed E-state index contributed by atoms with van der Waals surface area (Å²) in [4.78, 5) is 24.1. The second-order valence-electron chi connectivity index (χ2n) is 5.94. The van der Waals surface area contributed by atoms with Gasteiger partial charge in [0.2, 0.25) is 11.8 Å². The van der Waals surface area contributed by atoms with E-state index in [1.165, 1.54) is 7.11 Å². The summed E-state index contributed by atoms with van der Waals surface area (Å²) in [5.41, 5.74) is 2.27. The molecule has 0 aliphatic heterocycles. The lowest BCUT2D eigenvalue weighted by Crippen LogP contribution is -2.29. The zero-order valence-electron chi connectivity index (χ0n) is 15.6. The molecule has 0 aliphatic rings. The SMILES string of the molecule is COc1ccccc1CCNC(=O)CC(=O)Nc1cc(C)c(Cl)cc1OC. The topological polar surface area (TPSA) is 76.7 Å². The van der Waals surface area contributed by atoms with Crippen molar-refractivity contribution in [1.82, 2.24) is 5.32 Å². The number of methoxy groups -OCH3 is 2. The highest BCUT2D eigenvalue weighted by atomic mass is 35.5. The molecule has 0 aliphatic carbocycles. The van der Waals surface area contributed by atoms with Gasteiger partial charge in [0.15, 0.2) is 0 Å². The number of hydrogen-bond acceptors (Lipinski definition) is 4. The number of nitrogens with one attached hydrogen (secondary N) is 2. The molecule has 0 spiro atoms. The number of rotatable bonds is 8. The van der Waals surface area contributed by atoms with E-state index in [4.69, 9.17) is 21.1 Å². The second kappa shape index (κ2) is 9.83. The fraction of sp³-hybridized carbons (Fsp3) is 0.300. The molecule has 0 saturated heterocycles. The first kappa shape index (κ1) is 20.6. The van der Waals surface area contributed by atoms with E-state index in [-0.39, 0.29) is 12.3 Å². The number of aryl methyl sites for hydroxylation is 1. The summed E-state index contributed by atoms with van der Waals surface area (Å²) in [6, 6.07) is 10.9. The molecule has 2 aromatic rings. The van der Waals surface area contributed by atoms with Gasteiger partial charge in [-0.1, -0.05) is 29.8 Å². The highest BCUT2D eigenvalue weighted by Gasteiger charge is 2.13. The zero-order valence-corrected chi connectivity index (χ0v) is 16.4. The third kappa shape index (κ3) is 5.89. The first-order chi connectivity index (χ1) is 12.9. The van der Waals surface area contributed by atoms with Crippen LogP contribution in [0, 0.1) is 6.92 Å². The largest absolute Gasteiger partial charge is 0.496 e. The van der Waals surface area contributed by atoms with E-state index < -0.39 is 5.91 Å². The van der Waals surface area contributed by atoms with Crippen molar-refractivity contribution in [2.24, 2.45) is 0 Å². The van der Waals surface area contributed by atoms with Crippen LogP contribution in [-0.2, 0) is 16.0 Å². The molecule has 2 aromatic carbocycles. The number of carbonyl (C=O) groups is 2. The standard InChI is InChI=1S/C20H23ClN2O4/c1-13-10-16(18(27-3)11-15(13)21)23-20(25)12-19(24)22-9-8-14-6-4-5-7-17(14)26-2/h4-7,10-11H,8-9,12H2,1-3H3,(H,22,24)(H,23,25). The van der Waals surface area contributed by atoms with Gasteiger partial charge in [0, 0.05) is 17.6 Å². The van der Waals surface area contributed by atoms with Crippen LogP contribution in [0.25, 0.3) is 0 Å². The van der Waals surface area contributed by atoms with E-state index in [2.05, 4.69) is 10.6 Å². The van der Waals surface area contributed by atoms with Gasteiger partial charge < -0.3 is 20.1 Å². The van der Waals surface area contributed by atoms with Crippen LogP contribution in [-0.4, -0.2) is 32.6 Å². The van der Waals surface area contributed by atoms with Crippen molar-refractivity contribution in [2.75, 3.05) is 26.1 Å². The molecular formula is C20H23ClN2O4. The molecule has 0 unspecified atom stereocenters. The minimum atomic E-state index is -0.426. The number of para-hydroxylation sites is 1. The smallest absolute Gasteiger partial charge is 0.233 e. The molecule has 2 amide bonds. The Bertz CT molecular complexity index is 824. The summed E-state index contributed by atoms with van der Waals surface area (Å²) in [5.74, 6) is 0.432. The number of amides is 2. The average molecular weight is 391 g/mol. The van der Waals surface area contributed by atoms with Gasteiger partial charge in [-0.25, -0.2) is 0 Å². The van der Waals surface area contributed by atoms with Gasteiger partial charge in [0.25, 0.3) is 0 Å². The summed E-state index contributed by atoms with van der Waals surface area (Å²) in [5, 5.41) is 5.96. The average Bonchev–Trinajstić information content (AvgIpc) is 2.64. The van der Waals surface area contributed by atoms with Gasteiger partial charge in [-0.3, -0.25) is 9.59 Å². The predicted octanol–water partition coefficient (Wildman–Crippen LogP) is 3.35. The molecule has 0 fully saturated rings. The number of hydrogen-bond donors (Lipinski definition) is 2. The minimum absolute atomic E-state index is 0.281. The Hall–Kier alpha value is -2.73. The van der Waals surface area contributed by atoms with Crippen LogP contribution in [0.2, 0.25) is 5.02 Å². The van der Waals surface area contributed by atoms with Crippen LogP contribution < -0.4 is 20.1 Å². The summed E-state index contributed by atoms with van der Waals surface area (Å²) in [6.45, 7) is 2.23. The van der Waals surface area contributed by atoms with E-state index >= 15 is 0 Å². The Balaban J connectivity index is 1.85. The number of benzene rings is 2. The molecule has 6 nitrogen and oxygen atoms in total. The molecule has 0 radical (unpaired) electrons. The van der Waals surface area contributed by atoms with Gasteiger partial charge in [-0.05, 0) is 36.6 Å². The first-order valence-corrected chi connectivity index (χ1v) is 8.85. The van der Waals surface area contributed by atoms with Gasteiger partial charge >= 0.3 is 0 Å². The van der Waals surface area contributed by atoms with Crippen LogP contribution in [0.5, 0.6) is 11.5 Å². The highest BCUT2D eigenvalue weighted by molar-refractivity contribution is 6.31. The molecule has 0 aromatic heterocycles. The highest BCUT2D eigenvalue weighted by Crippen LogP contribution is 2.30. The van der Waals surface area contributed by atoms with Crippen molar-refractivity contribution in [2.45, 2.75) is 19.8 Å². The molecule has 27 heavy (non-hydrogen) atoms. The van der Waals surface area contributed by atoms with Crippen LogP contribution >= 0.6 is 11.6 Å². The Kier molecular flexibility index (Phi) is 7.49. The zero-order chi connectivity index (χ0) is 19.8. The monoisotopic (exact) mass is 390 g/mol. The van der Waals surface area contributed by atoms with Crippen LogP contribution in [0.15, 0.2) is 36.4 Å². The molecule has 144 valence electrons. The lowest BCUT2D eigenvalue weighted by Gasteiger charge is -2.12. The quantitative estimate of drug-likeness (QED) is 0.677. The Labute approximate surface area is 163 Å². The molecule has 2 N–H and O–H groups in total. The van der Waals surface area contributed by atoms with E-state index in [1.54, 1.807) is 19.2 Å². The Morgan fingerprint density at radius 2 is 1.74 bits per heavy atom. The Morgan fingerprint density at radius 1 is 1.04 bits per heavy atom. The second-order valence-corrected chi connectivity index (χ2v) is 6.35. The molecule has 0 bridgehead atoms. The van der Waals surface area contributed by atoms with Crippen molar-refractivity contribution in [3.8, 4) is 11.5 Å². The van der Waals surface area contributed by atoms with Gasteiger partial charge in [0.1, 0.15) is 17.9 Å². The third-order valence-electron chi connectivity index (χ3n) is 3.98. The van der Waals surface area contributed by atoms with E-state index in [0.29, 0.717) is 29.4 Å². The predicted molar refractivity (Wildman–Crippen MR) is 106 cm³/mol. The van der Waals surface area contributed by atoms with Crippen LogP contribution in [0.4, 0.5) is 5.69 Å². The maximum absolute atomic E-state index is 12.1. The number of anilines is 1. The molecule has 0 saturated carbocycles. The van der Waals surface area contributed by atoms with Crippen molar-refractivity contribution >= 4 is 29.1 Å². The van der Waals surface area contributed by atoms with E-state index in [1.807, 2.05) is 31.2 Å². The van der Waals surface area contributed by atoms with E-state index in [9.17, 15) is 9.59 Å². The summed E-state index contributed by atoms with van der Waals surface area (Å²) in [7, 11) is 3.09. The van der Waals surface area contributed by atoms with Crippen molar-refractivity contribution in [3.05, 3.63) is 52.5 Å². The lowest BCUT2D eigenvalue weighted by atomic mass is 10.1. The maximum Gasteiger partial charge on any atom is 0.233 e. The first-order valence-electron chi connectivity index (χ1n) is 8.47. The van der Waals surface area contributed by atoms with Gasteiger partial charge in [0.05, 0.1) is 19.9 Å². The van der Waals surface area contributed by atoms with Crippen LogP contribution in [0.1, 0.15) is 17.5 Å². The minimum Gasteiger partial charge on any atom is -0.496 e. The summed E-state index contributed by atoms with van der Waals surface area (Å²) < 4.78 is 10.5. The Morgan fingerprint density at radius 3 is 2.44 bits per heavy atom. The summed E-state index contributed by atoms with van der Waals surface area (Å²) >= 11 is 6.05. The van der Waals surface area contributed by atoms with Gasteiger partial charge in [-0.2, -0.15) is 0 Å². The molecule has 7 heteroatoms. The fourth-order valence-corrected chi connectivity index (χ4v) is 2.73.